The van der Waals surface area contributed by atoms with E-state index in [1.807, 2.05) is 66.7 Å². The second-order valence-electron chi connectivity index (χ2n) is 8.94. The SMILES string of the molecule is O=C(O)C(CCC(O)(CCCc1ccccc1)C(=O)OCCCc1ccccc1)c1ccccc1. The molecule has 0 amide bonds. The lowest BCUT2D eigenvalue weighted by Gasteiger charge is -2.27. The van der Waals surface area contributed by atoms with Crippen molar-refractivity contribution in [3.05, 3.63) is 108 Å². The van der Waals surface area contributed by atoms with E-state index in [1.165, 1.54) is 0 Å². The van der Waals surface area contributed by atoms with Gasteiger partial charge in [-0.3, -0.25) is 4.79 Å². The van der Waals surface area contributed by atoms with Crippen molar-refractivity contribution in [2.75, 3.05) is 6.61 Å². The summed E-state index contributed by atoms with van der Waals surface area (Å²) in [5, 5.41) is 21.2. The Morgan fingerprint density at radius 3 is 1.80 bits per heavy atom. The third kappa shape index (κ3) is 8.37. The normalized spacial score (nSPS) is 13.5. The summed E-state index contributed by atoms with van der Waals surface area (Å²) >= 11 is 0. The number of carboxylic acids is 1. The Bertz CT molecular complexity index is 1040. The van der Waals surface area contributed by atoms with E-state index in [9.17, 15) is 19.8 Å². The van der Waals surface area contributed by atoms with Gasteiger partial charge in [0, 0.05) is 0 Å². The fraction of sp³-hybridized carbons (Fsp3) is 0.333. The smallest absolute Gasteiger partial charge is 0.338 e. The lowest BCUT2D eigenvalue weighted by molar-refractivity contribution is -0.168. The fourth-order valence-corrected chi connectivity index (χ4v) is 4.28. The van der Waals surface area contributed by atoms with Crippen molar-refractivity contribution in [2.45, 2.75) is 56.5 Å². The molecule has 0 aliphatic rings. The van der Waals surface area contributed by atoms with E-state index >= 15 is 0 Å². The van der Waals surface area contributed by atoms with Gasteiger partial charge in [0.2, 0.25) is 0 Å². The lowest BCUT2D eigenvalue weighted by atomic mass is 9.85. The van der Waals surface area contributed by atoms with Crippen LogP contribution in [-0.2, 0) is 27.2 Å². The monoisotopic (exact) mass is 474 g/mol. The second kappa shape index (κ2) is 13.4. The molecule has 0 aliphatic heterocycles. The van der Waals surface area contributed by atoms with E-state index in [0.717, 1.165) is 17.5 Å². The van der Waals surface area contributed by atoms with Crippen molar-refractivity contribution in [3.8, 4) is 0 Å². The maximum absolute atomic E-state index is 13.0. The van der Waals surface area contributed by atoms with E-state index < -0.39 is 23.5 Å². The zero-order chi connectivity index (χ0) is 24.9. The van der Waals surface area contributed by atoms with Crippen molar-refractivity contribution in [2.24, 2.45) is 0 Å². The standard InChI is InChI=1S/C30H34O5/c31-28(32)27(26-18-8-3-9-19-26)20-22-30(34,21-10-16-24-12-4-1-5-13-24)29(33)35-23-11-17-25-14-6-2-7-15-25/h1-9,12-15,18-19,27,34H,10-11,16-17,20-23H2,(H,31,32). The van der Waals surface area contributed by atoms with Crippen LogP contribution in [0, 0.1) is 0 Å². The summed E-state index contributed by atoms with van der Waals surface area (Å²) in [6.45, 7) is 0.204. The molecule has 0 spiro atoms. The molecule has 0 heterocycles. The highest BCUT2D eigenvalue weighted by atomic mass is 16.5. The van der Waals surface area contributed by atoms with Gasteiger partial charge in [-0.25, -0.2) is 4.79 Å². The third-order valence-electron chi connectivity index (χ3n) is 6.31. The Morgan fingerprint density at radius 2 is 1.26 bits per heavy atom. The van der Waals surface area contributed by atoms with Gasteiger partial charge in [-0.15, -0.1) is 0 Å². The van der Waals surface area contributed by atoms with Gasteiger partial charge < -0.3 is 14.9 Å². The summed E-state index contributed by atoms with van der Waals surface area (Å²) in [4.78, 5) is 25.0. The average Bonchev–Trinajstić information content (AvgIpc) is 2.88. The number of benzene rings is 3. The van der Waals surface area contributed by atoms with Crippen LogP contribution in [0.5, 0.6) is 0 Å². The number of rotatable bonds is 14. The molecule has 0 bridgehead atoms. The van der Waals surface area contributed by atoms with E-state index in [0.29, 0.717) is 24.8 Å². The lowest BCUT2D eigenvalue weighted by Crippen LogP contribution is -2.41. The number of ether oxygens (including phenoxy) is 1. The molecular weight excluding hydrogens is 440 g/mol. The maximum atomic E-state index is 13.0. The van der Waals surface area contributed by atoms with Crippen molar-refractivity contribution >= 4 is 11.9 Å². The molecule has 0 radical (unpaired) electrons. The molecule has 5 heteroatoms. The molecule has 3 aromatic carbocycles. The van der Waals surface area contributed by atoms with Crippen LogP contribution in [0.2, 0.25) is 0 Å². The summed E-state index contributed by atoms with van der Waals surface area (Å²) in [5.74, 6) is -2.45. The molecule has 2 atom stereocenters. The highest BCUT2D eigenvalue weighted by molar-refractivity contribution is 5.80. The summed E-state index contributed by atoms with van der Waals surface area (Å²) in [7, 11) is 0. The molecule has 3 rings (SSSR count). The summed E-state index contributed by atoms with van der Waals surface area (Å²) < 4.78 is 5.49. The predicted octanol–water partition coefficient (Wildman–Crippen LogP) is 5.57. The summed E-state index contributed by atoms with van der Waals surface area (Å²) in [6.07, 6.45) is 3.09. The first kappa shape index (κ1) is 26.2. The van der Waals surface area contributed by atoms with Gasteiger partial charge in [0.05, 0.1) is 12.5 Å². The van der Waals surface area contributed by atoms with Gasteiger partial charge in [0.1, 0.15) is 0 Å². The van der Waals surface area contributed by atoms with Gasteiger partial charge >= 0.3 is 11.9 Å². The van der Waals surface area contributed by atoms with Crippen molar-refractivity contribution in [1.29, 1.82) is 0 Å². The highest BCUT2D eigenvalue weighted by Gasteiger charge is 2.38. The zero-order valence-electron chi connectivity index (χ0n) is 20.0. The molecule has 35 heavy (non-hydrogen) atoms. The summed E-state index contributed by atoms with van der Waals surface area (Å²) in [6, 6.07) is 28.8. The molecule has 2 N–H and O–H groups in total. The highest BCUT2D eigenvalue weighted by Crippen LogP contribution is 2.29. The minimum absolute atomic E-state index is 0.0190. The topological polar surface area (TPSA) is 83.8 Å². The zero-order valence-corrected chi connectivity index (χ0v) is 20.0. The number of carboxylic acid groups (broad SMARTS) is 1. The molecule has 184 valence electrons. The molecule has 5 nitrogen and oxygen atoms in total. The number of carbonyl (C=O) groups is 2. The van der Waals surface area contributed by atoms with Crippen LogP contribution in [0.4, 0.5) is 0 Å². The summed E-state index contributed by atoms with van der Waals surface area (Å²) in [5.41, 5.74) is 1.21. The quantitative estimate of drug-likeness (QED) is 0.236. The first-order valence-corrected chi connectivity index (χ1v) is 12.2. The van der Waals surface area contributed by atoms with E-state index in [1.54, 1.807) is 24.3 Å². The van der Waals surface area contributed by atoms with Crippen LogP contribution in [0.25, 0.3) is 0 Å². The number of esters is 1. The third-order valence-corrected chi connectivity index (χ3v) is 6.31. The van der Waals surface area contributed by atoms with Crippen LogP contribution in [-0.4, -0.2) is 34.4 Å². The first-order chi connectivity index (χ1) is 17.0. The molecule has 0 fully saturated rings. The van der Waals surface area contributed by atoms with Crippen LogP contribution in [0.15, 0.2) is 91.0 Å². The minimum atomic E-state index is -1.73. The first-order valence-electron chi connectivity index (χ1n) is 12.2. The predicted molar refractivity (Wildman–Crippen MR) is 136 cm³/mol. The number of carbonyl (C=O) groups excluding carboxylic acids is 1. The Hall–Kier alpha value is -3.44. The Kier molecular flexibility index (Phi) is 10.1. The van der Waals surface area contributed by atoms with E-state index in [4.69, 9.17) is 4.74 Å². The molecule has 3 aromatic rings. The van der Waals surface area contributed by atoms with E-state index in [-0.39, 0.29) is 25.9 Å². The number of hydrogen-bond donors (Lipinski definition) is 2. The van der Waals surface area contributed by atoms with Crippen LogP contribution in [0.1, 0.15) is 54.7 Å². The minimum Gasteiger partial charge on any atom is -0.481 e. The molecule has 0 saturated heterocycles. The van der Waals surface area contributed by atoms with Crippen LogP contribution in [0.3, 0.4) is 0 Å². The molecule has 0 aromatic heterocycles. The Morgan fingerprint density at radius 1 is 0.743 bits per heavy atom. The largest absolute Gasteiger partial charge is 0.481 e. The van der Waals surface area contributed by atoms with Gasteiger partial charge in [-0.05, 0) is 61.6 Å². The van der Waals surface area contributed by atoms with Crippen molar-refractivity contribution in [3.63, 3.8) is 0 Å². The van der Waals surface area contributed by atoms with Crippen molar-refractivity contribution in [1.82, 2.24) is 0 Å². The molecule has 0 saturated carbocycles. The maximum Gasteiger partial charge on any atom is 0.338 e. The molecular formula is C30H34O5. The number of aliphatic hydroxyl groups is 1. The number of hydrogen-bond acceptors (Lipinski definition) is 4. The molecule has 0 aliphatic carbocycles. The van der Waals surface area contributed by atoms with Crippen molar-refractivity contribution < 1.29 is 24.5 Å². The Labute approximate surface area is 207 Å². The van der Waals surface area contributed by atoms with Gasteiger partial charge in [0.15, 0.2) is 5.60 Å². The second-order valence-corrected chi connectivity index (χ2v) is 8.94. The Balaban J connectivity index is 1.62. The van der Waals surface area contributed by atoms with Crippen LogP contribution >= 0.6 is 0 Å². The van der Waals surface area contributed by atoms with Crippen LogP contribution < -0.4 is 0 Å². The van der Waals surface area contributed by atoms with Gasteiger partial charge in [-0.2, -0.15) is 0 Å². The molecule has 2 unspecified atom stereocenters. The van der Waals surface area contributed by atoms with Gasteiger partial charge in [-0.1, -0.05) is 91.0 Å². The average molecular weight is 475 g/mol. The van der Waals surface area contributed by atoms with E-state index in [2.05, 4.69) is 0 Å². The fourth-order valence-electron chi connectivity index (χ4n) is 4.28. The number of aliphatic carboxylic acids is 1. The van der Waals surface area contributed by atoms with Gasteiger partial charge in [0.25, 0.3) is 0 Å². The number of aryl methyl sites for hydroxylation is 2.